The van der Waals surface area contributed by atoms with Gasteiger partial charge in [0.2, 0.25) is 5.91 Å². The van der Waals surface area contributed by atoms with Gasteiger partial charge in [-0.2, -0.15) is 0 Å². The molecule has 1 saturated heterocycles. The van der Waals surface area contributed by atoms with Crippen LogP contribution in [-0.4, -0.2) is 52.4 Å². The van der Waals surface area contributed by atoms with Gasteiger partial charge in [0.05, 0.1) is 6.42 Å². The van der Waals surface area contributed by atoms with E-state index in [1.165, 1.54) is 0 Å². The molecule has 5 rings (SSSR count). The zero-order valence-corrected chi connectivity index (χ0v) is 20.6. The highest BCUT2D eigenvalue weighted by Gasteiger charge is 2.29. The lowest BCUT2D eigenvalue weighted by molar-refractivity contribution is -0.131. The van der Waals surface area contributed by atoms with Crippen LogP contribution in [0.5, 0.6) is 0 Å². The van der Waals surface area contributed by atoms with Crippen molar-refractivity contribution in [3.05, 3.63) is 120 Å². The van der Waals surface area contributed by atoms with Gasteiger partial charge in [-0.15, -0.1) is 0 Å². The number of nitrogens with zero attached hydrogens (tertiary/aromatic N) is 3. The molecule has 0 spiro atoms. The SMILES string of the molecule is Cc1cn(Cc2ccccc2)c(C(=O)N2CCN(C(=O)Cc3ccccc3)CC2)c1-c1ccccc1. The highest BCUT2D eigenvalue weighted by molar-refractivity contribution is 6.00. The van der Waals surface area contributed by atoms with Crippen molar-refractivity contribution in [1.29, 1.82) is 0 Å². The van der Waals surface area contributed by atoms with Gasteiger partial charge in [-0.3, -0.25) is 9.59 Å². The average Bonchev–Trinajstić information content (AvgIpc) is 3.25. The van der Waals surface area contributed by atoms with Crippen LogP contribution in [-0.2, 0) is 17.8 Å². The van der Waals surface area contributed by atoms with Crippen LogP contribution in [0, 0.1) is 6.92 Å². The van der Waals surface area contributed by atoms with Crippen molar-refractivity contribution in [2.45, 2.75) is 19.9 Å². The molecule has 0 aliphatic carbocycles. The van der Waals surface area contributed by atoms with Crippen LogP contribution in [0.3, 0.4) is 0 Å². The van der Waals surface area contributed by atoms with Crippen LogP contribution in [0.2, 0.25) is 0 Å². The molecule has 1 aliphatic rings. The smallest absolute Gasteiger partial charge is 0.271 e. The third-order valence-electron chi connectivity index (χ3n) is 6.85. The highest BCUT2D eigenvalue weighted by atomic mass is 16.2. The van der Waals surface area contributed by atoms with E-state index in [1.54, 1.807) is 0 Å². The van der Waals surface area contributed by atoms with Gasteiger partial charge in [0.15, 0.2) is 0 Å². The van der Waals surface area contributed by atoms with E-state index < -0.39 is 0 Å². The first-order valence-corrected chi connectivity index (χ1v) is 12.5. The lowest BCUT2D eigenvalue weighted by Gasteiger charge is -2.35. The first-order valence-electron chi connectivity index (χ1n) is 12.5. The molecule has 1 fully saturated rings. The quantitative estimate of drug-likeness (QED) is 0.391. The normalized spacial score (nSPS) is 13.6. The maximum Gasteiger partial charge on any atom is 0.271 e. The molecule has 5 heteroatoms. The molecule has 2 amide bonds. The molecule has 1 aliphatic heterocycles. The summed E-state index contributed by atoms with van der Waals surface area (Å²) in [7, 11) is 0. The maximum atomic E-state index is 14.0. The van der Waals surface area contributed by atoms with Gasteiger partial charge in [-0.25, -0.2) is 0 Å². The van der Waals surface area contributed by atoms with Gasteiger partial charge in [0.1, 0.15) is 5.69 Å². The summed E-state index contributed by atoms with van der Waals surface area (Å²) < 4.78 is 2.09. The summed E-state index contributed by atoms with van der Waals surface area (Å²) in [5, 5.41) is 0. The van der Waals surface area contributed by atoms with Gasteiger partial charge < -0.3 is 14.4 Å². The second-order valence-corrected chi connectivity index (χ2v) is 9.35. The summed E-state index contributed by atoms with van der Waals surface area (Å²) >= 11 is 0. The molecule has 4 aromatic rings. The highest BCUT2D eigenvalue weighted by Crippen LogP contribution is 2.31. The minimum absolute atomic E-state index is 0.0213. The van der Waals surface area contributed by atoms with E-state index in [4.69, 9.17) is 0 Å². The number of aromatic nitrogens is 1. The van der Waals surface area contributed by atoms with Gasteiger partial charge in [0.25, 0.3) is 5.91 Å². The van der Waals surface area contributed by atoms with Crippen LogP contribution in [0.4, 0.5) is 0 Å². The molecule has 36 heavy (non-hydrogen) atoms. The number of carbonyl (C=O) groups excluding carboxylic acids is 2. The van der Waals surface area contributed by atoms with E-state index in [-0.39, 0.29) is 11.8 Å². The van der Waals surface area contributed by atoms with Crippen LogP contribution in [0.1, 0.15) is 27.2 Å². The van der Waals surface area contributed by atoms with Crippen molar-refractivity contribution in [3.8, 4) is 11.1 Å². The first-order chi connectivity index (χ1) is 17.6. The molecule has 0 radical (unpaired) electrons. The number of aryl methyl sites for hydroxylation is 1. The maximum absolute atomic E-state index is 14.0. The Balaban J connectivity index is 1.37. The second kappa shape index (κ2) is 10.6. The number of carbonyl (C=O) groups is 2. The lowest BCUT2D eigenvalue weighted by Crippen LogP contribution is -2.51. The summed E-state index contributed by atoms with van der Waals surface area (Å²) in [5.41, 5.74) is 5.99. The Labute approximate surface area is 212 Å². The van der Waals surface area contributed by atoms with E-state index in [1.807, 2.05) is 76.5 Å². The fraction of sp³-hybridized carbons (Fsp3) is 0.226. The Morgan fingerprint density at radius 2 is 1.22 bits per heavy atom. The topological polar surface area (TPSA) is 45.6 Å². The molecular formula is C31H31N3O2. The Hall–Kier alpha value is -4.12. The molecular weight excluding hydrogens is 446 g/mol. The number of rotatable bonds is 6. The van der Waals surface area contributed by atoms with Gasteiger partial charge in [0, 0.05) is 44.5 Å². The summed E-state index contributed by atoms with van der Waals surface area (Å²) in [5.74, 6) is 0.134. The molecule has 5 nitrogen and oxygen atoms in total. The number of benzene rings is 3. The van der Waals surface area contributed by atoms with Crippen LogP contribution < -0.4 is 0 Å². The van der Waals surface area contributed by atoms with E-state index in [2.05, 4.69) is 42.0 Å². The molecule has 0 saturated carbocycles. The summed E-state index contributed by atoms with van der Waals surface area (Å²) in [6.07, 6.45) is 2.48. The molecule has 1 aromatic heterocycles. The van der Waals surface area contributed by atoms with Crippen molar-refractivity contribution < 1.29 is 9.59 Å². The predicted octanol–water partition coefficient (Wildman–Crippen LogP) is 5.04. The molecule has 0 unspecified atom stereocenters. The monoisotopic (exact) mass is 477 g/mol. The second-order valence-electron chi connectivity index (χ2n) is 9.35. The van der Waals surface area contributed by atoms with E-state index in [9.17, 15) is 9.59 Å². The number of piperazine rings is 1. The Bertz CT molecular complexity index is 1320. The zero-order valence-electron chi connectivity index (χ0n) is 20.6. The van der Waals surface area contributed by atoms with Crippen molar-refractivity contribution in [3.63, 3.8) is 0 Å². The molecule has 0 atom stereocenters. The molecule has 0 bridgehead atoms. The first kappa shape index (κ1) is 23.6. The van der Waals surface area contributed by atoms with Gasteiger partial charge in [-0.1, -0.05) is 91.0 Å². The fourth-order valence-corrected chi connectivity index (χ4v) is 4.99. The minimum Gasteiger partial charge on any atom is -0.339 e. The van der Waals surface area contributed by atoms with E-state index >= 15 is 0 Å². The molecule has 182 valence electrons. The van der Waals surface area contributed by atoms with Crippen molar-refractivity contribution >= 4 is 11.8 Å². The average molecular weight is 478 g/mol. The number of hydrogen-bond acceptors (Lipinski definition) is 2. The van der Waals surface area contributed by atoms with Gasteiger partial charge >= 0.3 is 0 Å². The van der Waals surface area contributed by atoms with Crippen LogP contribution in [0.15, 0.2) is 97.2 Å². The van der Waals surface area contributed by atoms with E-state index in [0.29, 0.717) is 44.8 Å². The Kier molecular flexibility index (Phi) is 6.99. The number of amides is 2. The van der Waals surface area contributed by atoms with Crippen molar-refractivity contribution in [1.82, 2.24) is 14.4 Å². The Morgan fingerprint density at radius 3 is 1.83 bits per heavy atom. The zero-order chi connectivity index (χ0) is 24.9. The van der Waals surface area contributed by atoms with Crippen LogP contribution >= 0.6 is 0 Å². The van der Waals surface area contributed by atoms with Crippen molar-refractivity contribution in [2.75, 3.05) is 26.2 Å². The van der Waals surface area contributed by atoms with E-state index in [0.717, 1.165) is 27.8 Å². The third kappa shape index (κ3) is 5.10. The molecule has 3 aromatic carbocycles. The largest absolute Gasteiger partial charge is 0.339 e. The van der Waals surface area contributed by atoms with Crippen LogP contribution in [0.25, 0.3) is 11.1 Å². The lowest BCUT2D eigenvalue weighted by atomic mass is 10.0. The standard InChI is InChI=1S/C31H31N3O2/c1-24-22-34(23-26-13-7-3-8-14-26)30(29(24)27-15-9-4-10-16-27)31(36)33-19-17-32(18-20-33)28(35)21-25-11-5-2-6-12-25/h2-16,22H,17-21,23H2,1H3. The Morgan fingerprint density at radius 1 is 0.694 bits per heavy atom. The molecule has 0 N–H and O–H groups in total. The summed E-state index contributed by atoms with van der Waals surface area (Å²) in [4.78, 5) is 30.6. The third-order valence-corrected chi connectivity index (χ3v) is 6.85. The van der Waals surface area contributed by atoms with Gasteiger partial charge in [-0.05, 0) is 29.2 Å². The minimum atomic E-state index is 0.0213. The summed E-state index contributed by atoms with van der Waals surface area (Å²) in [6.45, 7) is 4.87. The summed E-state index contributed by atoms with van der Waals surface area (Å²) in [6, 6.07) is 30.2. The predicted molar refractivity (Wildman–Crippen MR) is 143 cm³/mol. The molecule has 2 heterocycles. The van der Waals surface area contributed by atoms with Crippen molar-refractivity contribution in [2.24, 2.45) is 0 Å². The fourth-order valence-electron chi connectivity index (χ4n) is 4.99. The number of hydrogen-bond donors (Lipinski definition) is 0.